The zero-order valence-electron chi connectivity index (χ0n) is 9.29. The molecule has 3 heteroatoms. The van der Waals surface area contributed by atoms with E-state index in [1.54, 1.807) is 0 Å². The zero-order chi connectivity index (χ0) is 10.2. The molecule has 80 valence electrons. The highest BCUT2D eigenvalue weighted by molar-refractivity contribution is 5.81. The summed E-state index contributed by atoms with van der Waals surface area (Å²) >= 11 is 0. The summed E-state index contributed by atoms with van der Waals surface area (Å²) in [4.78, 5) is 6.81. The quantitative estimate of drug-likeness (QED) is 0.727. The Labute approximate surface area is 86.4 Å². The fourth-order valence-corrected chi connectivity index (χ4v) is 3.04. The summed E-state index contributed by atoms with van der Waals surface area (Å²) in [6.45, 7) is 6.56. The number of rotatable bonds is 2. The Balaban J connectivity index is 2.19. The molecule has 1 saturated carbocycles. The lowest BCUT2D eigenvalue weighted by atomic mass is 9.87. The number of aliphatic imine (C=N–C) groups is 1. The Morgan fingerprint density at radius 3 is 3.00 bits per heavy atom. The van der Waals surface area contributed by atoms with Crippen LogP contribution in [-0.4, -0.2) is 29.5 Å². The van der Waals surface area contributed by atoms with E-state index < -0.39 is 0 Å². The van der Waals surface area contributed by atoms with Crippen molar-refractivity contribution in [3.05, 3.63) is 0 Å². The molecule has 2 unspecified atom stereocenters. The predicted octanol–water partition coefficient (Wildman–Crippen LogP) is 1.59. The molecule has 1 fully saturated rings. The van der Waals surface area contributed by atoms with Crippen LogP contribution in [0.4, 0.5) is 0 Å². The van der Waals surface area contributed by atoms with E-state index in [0.29, 0.717) is 5.54 Å². The average Bonchev–Trinajstić information content (AvgIpc) is 2.67. The van der Waals surface area contributed by atoms with Crippen molar-refractivity contribution in [3.63, 3.8) is 0 Å². The third-order valence-corrected chi connectivity index (χ3v) is 3.94. The van der Waals surface area contributed by atoms with Gasteiger partial charge in [-0.1, -0.05) is 20.3 Å². The minimum Gasteiger partial charge on any atom is -0.370 e. The fourth-order valence-electron chi connectivity index (χ4n) is 3.04. The monoisotopic (exact) mass is 195 g/mol. The Bertz CT molecular complexity index is 249. The normalized spacial score (nSPS) is 36.9. The largest absolute Gasteiger partial charge is 0.370 e. The second-order valence-electron chi connectivity index (χ2n) is 4.72. The first kappa shape index (κ1) is 9.81. The molecule has 3 nitrogen and oxygen atoms in total. The van der Waals surface area contributed by atoms with E-state index in [-0.39, 0.29) is 0 Å². The maximum atomic E-state index is 5.96. The van der Waals surface area contributed by atoms with E-state index in [9.17, 15) is 0 Å². The van der Waals surface area contributed by atoms with Gasteiger partial charge in [0.15, 0.2) is 5.96 Å². The molecule has 0 aromatic rings. The third kappa shape index (κ3) is 1.22. The number of nitrogens with two attached hydrogens (primary N) is 1. The molecule has 0 aromatic carbocycles. The van der Waals surface area contributed by atoms with Crippen LogP contribution < -0.4 is 5.73 Å². The van der Waals surface area contributed by atoms with Gasteiger partial charge in [-0.05, 0) is 25.2 Å². The van der Waals surface area contributed by atoms with Crippen LogP contribution in [0.5, 0.6) is 0 Å². The van der Waals surface area contributed by atoms with Crippen molar-refractivity contribution in [1.82, 2.24) is 4.90 Å². The SMILES string of the molecule is CCCN1C(N)=NCC12CCCC2C. The van der Waals surface area contributed by atoms with Crippen molar-refractivity contribution in [1.29, 1.82) is 0 Å². The molecule has 2 N–H and O–H groups in total. The highest BCUT2D eigenvalue weighted by Crippen LogP contribution is 2.42. The van der Waals surface area contributed by atoms with Gasteiger partial charge < -0.3 is 10.6 Å². The predicted molar refractivity (Wildman–Crippen MR) is 59.2 cm³/mol. The van der Waals surface area contributed by atoms with Crippen LogP contribution >= 0.6 is 0 Å². The van der Waals surface area contributed by atoms with Gasteiger partial charge in [0, 0.05) is 6.54 Å². The van der Waals surface area contributed by atoms with Gasteiger partial charge in [-0.25, -0.2) is 0 Å². The summed E-state index contributed by atoms with van der Waals surface area (Å²) in [5.74, 6) is 1.53. The molecule has 0 saturated heterocycles. The first-order valence-electron chi connectivity index (χ1n) is 5.78. The third-order valence-electron chi connectivity index (χ3n) is 3.94. The molecule has 1 heterocycles. The molecule has 14 heavy (non-hydrogen) atoms. The fraction of sp³-hybridized carbons (Fsp3) is 0.909. The molecule has 1 aliphatic heterocycles. The molecule has 0 amide bonds. The lowest BCUT2D eigenvalue weighted by Gasteiger charge is -2.39. The van der Waals surface area contributed by atoms with Crippen molar-refractivity contribution < 1.29 is 0 Å². The molecule has 2 rings (SSSR count). The molecule has 2 atom stereocenters. The minimum atomic E-state index is 0.292. The number of hydrogen-bond acceptors (Lipinski definition) is 3. The van der Waals surface area contributed by atoms with E-state index in [1.165, 1.54) is 19.3 Å². The number of nitrogens with zero attached hydrogens (tertiary/aromatic N) is 2. The molecule has 1 aliphatic carbocycles. The van der Waals surface area contributed by atoms with Gasteiger partial charge in [0.25, 0.3) is 0 Å². The highest BCUT2D eigenvalue weighted by atomic mass is 15.4. The first-order chi connectivity index (χ1) is 6.70. The Morgan fingerprint density at radius 2 is 2.43 bits per heavy atom. The van der Waals surface area contributed by atoms with Crippen LogP contribution in [0, 0.1) is 5.92 Å². The van der Waals surface area contributed by atoms with Crippen molar-refractivity contribution in [2.24, 2.45) is 16.6 Å². The van der Waals surface area contributed by atoms with Gasteiger partial charge in [0.2, 0.25) is 0 Å². The maximum Gasteiger partial charge on any atom is 0.191 e. The number of hydrogen-bond donors (Lipinski definition) is 1. The molecule has 1 spiro atoms. The summed E-state index contributed by atoms with van der Waals surface area (Å²) in [6.07, 6.45) is 5.11. The van der Waals surface area contributed by atoms with Crippen LogP contribution in [0.15, 0.2) is 4.99 Å². The van der Waals surface area contributed by atoms with Crippen LogP contribution in [0.25, 0.3) is 0 Å². The highest BCUT2D eigenvalue weighted by Gasteiger charge is 2.48. The topological polar surface area (TPSA) is 41.6 Å². The molecule has 0 bridgehead atoms. The van der Waals surface area contributed by atoms with Crippen molar-refractivity contribution in [2.75, 3.05) is 13.1 Å². The van der Waals surface area contributed by atoms with Gasteiger partial charge in [-0.2, -0.15) is 0 Å². The lowest BCUT2D eigenvalue weighted by Crippen LogP contribution is -2.53. The van der Waals surface area contributed by atoms with Gasteiger partial charge in [-0.3, -0.25) is 4.99 Å². The average molecular weight is 195 g/mol. The van der Waals surface area contributed by atoms with E-state index in [0.717, 1.165) is 31.4 Å². The van der Waals surface area contributed by atoms with Crippen LogP contribution in [0.3, 0.4) is 0 Å². The van der Waals surface area contributed by atoms with E-state index >= 15 is 0 Å². The van der Waals surface area contributed by atoms with E-state index in [4.69, 9.17) is 5.73 Å². The van der Waals surface area contributed by atoms with E-state index in [2.05, 4.69) is 23.7 Å². The standard InChI is InChI=1S/C11H21N3/c1-3-7-14-10(12)13-8-11(14)6-4-5-9(11)2/h9H,3-8H2,1-2H3,(H2,12,13). The van der Waals surface area contributed by atoms with Crippen LogP contribution in [0.1, 0.15) is 39.5 Å². The lowest BCUT2D eigenvalue weighted by molar-refractivity contribution is 0.156. The van der Waals surface area contributed by atoms with Gasteiger partial charge in [-0.15, -0.1) is 0 Å². The molecule has 0 aromatic heterocycles. The molecular formula is C11H21N3. The van der Waals surface area contributed by atoms with Crippen molar-refractivity contribution in [2.45, 2.75) is 45.1 Å². The van der Waals surface area contributed by atoms with Crippen LogP contribution in [0.2, 0.25) is 0 Å². The first-order valence-corrected chi connectivity index (χ1v) is 5.78. The van der Waals surface area contributed by atoms with Gasteiger partial charge in [0.05, 0.1) is 12.1 Å². The maximum absolute atomic E-state index is 5.96. The van der Waals surface area contributed by atoms with Crippen LogP contribution in [-0.2, 0) is 0 Å². The molecular weight excluding hydrogens is 174 g/mol. The summed E-state index contributed by atoms with van der Waals surface area (Å²) < 4.78 is 0. The van der Waals surface area contributed by atoms with Gasteiger partial charge >= 0.3 is 0 Å². The number of guanidine groups is 1. The van der Waals surface area contributed by atoms with Crippen molar-refractivity contribution >= 4 is 5.96 Å². The summed E-state index contributed by atoms with van der Waals surface area (Å²) in [5.41, 5.74) is 6.25. The zero-order valence-corrected chi connectivity index (χ0v) is 9.29. The smallest absolute Gasteiger partial charge is 0.191 e. The Kier molecular flexibility index (Phi) is 2.41. The Morgan fingerprint density at radius 1 is 1.64 bits per heavy atom. The van der Waals surface area contributed by atoms with Gasteiger partial charge in [0.1, 0.15) is 0 Å². The molecule has 0 radical (unpaired) electrons. The van der Waals surface area contributed by atoms with E-state index in [1.807, 2.05) is 0 Å². The summed E-state index contributed by atoms with van der Waals surface area (Å²) in [6, 6.07) is 0. The summed E-state index contributed by atoms with van der Waals surface area (Å²) in [7, 11) is 0. The second kappa shape index (κ2) is 3.44. The summed E-state index contributed by atoms with van der Waals surface area (Å²) in [5, 5.41) is 0. The molecule has 2 aliphatic rings. The second-order valence-corrected chi connectivity index (χ2v) is 4.72. The van der Waals surface area contributed by atoms with Crippen molar-refractivity contribution in [3.8, 4) is 0 Å². The Hall–Kier alpha value is -0.730. The minimum absolute atomic E-state index is 0.292.